The SMILES string of the molecule is CCNC(=NCc1ccccc1CN1CCCC1=O)NCC1CC1. The van der Waals surface area contributed by atoms with Gasteiger partial charge >= 0.3 is 0 Å². The zero-order chi connectivity index (χ0) is 16.8. The number of carbonyl (C=O) groups is 1. The highest BCUT2D eigenvalue weighted by molar-refractivity contribution is 5.80. The zero-order valence-corrected chi connectivity index (χ0v) is 14.6. The zero-order valence-electron chi connectivity index (χ0n) is 14.6. The number of aliphatic imine (C=N–C) groups is 1. The molecule has 1 saturated carbocycles. The molecule has 0 atom stereocenters. The van der Waals surface area contributed by atoms with Crippen molar-refractivity contribution in [1.82, 2.24) is 15.5 Å². The number of amides is 1. The summed E-state index contributed by atoms with van der Waals surface area (Å²) < 4.78 is 0. The van der Waals surface area contributed by atoms with E-state index in [9.17, 15) is 4.79 Å². The first kappa shape index (κ1) is 16.8. The first-order valence-electron chi connectivity index (χ1n) is 9.13. The van der Waals surface area contributed by atoms with Crippen molar-refractivity contribution in [3.63, 3.8) is 0 Å². The lowest BCUT2D eigenvalue weighted by atomic mass is 10.1. The van der Waals surface area contributed by atoms with Gasteiger partial charge in [-0.15, -0.1) is 0 Å². The molecule has 0 bridgehead atoms. The Bertz CT molecular complexity index is 595. The largest absolute Gasteiger partial charge is 0.357 e. The predicted octanol–water partition coefficient (Wildman–Crippen LogP) is 2.27. The van der Waals surface area contributed by atoms with Gasteiger partial charge in [-0.2, -0.15) is 0 Å². The van der Waals surface area contributed by atoms with Crippen molar-refractivity contribution < 1.29 is 4.79 Å². The van der Waals surface area contributed by atoms with Crippen LogP contribution in [0.4, 0.5) is 0 Å². The number of guanidine groups is 1. The van der Waals surface area contributed by atoms with Crippen LogP contribution in [0.25, 0.3) is 0 Å². The minimum Gasteiger partial charge on any atom is -0.357 e. The van der Waals surface area contributed by atoms with Crippen LogP contribution in [0.5, 0.6) is 0 Å². The normalized spacial score (nSPS) is 18.1. The third-order valence-electron chi connectivity index (χ3n) is 4.66. The first-order valence-corrected chi connectivity index (χ1v) is 9.13. The molecule has 2 aliphatic rings. The quantitative estimate of drug-likeness (QED) is 0.596. The molecule has 1 saturated heterocycles. The topological polar surface area (TPSA) is 56.7 Å². The fourth-order valence-corrected chi connectivity index (χ4v) is 3.01. The number of rotatable bonds is 7. The van der Waals surface area contributed by atoms with Crippen LogP contribution >= 0.6 is 0 Å². The highest BCUT2D eigenvalue weighted by atomic mass is 16.2. The highest BCUT2D eigenvalue weighted by Gasteiger charge is 2.22. The summed E-state index contributed by atoms with van der Waals surface area (Å²) in [7, 11) is 0. The Balaban J connectivity index is 1.63. The molecule has 1 aromatic carbocycles. The lowest BCUT2D eigenvalue weighted by molar-refractivity contribution is -0.128. The Labute approximate surface area is 144 Å². The smallest absolute Gasteiger partial charge is 0.222 e. The second-order valence-corrected chi connectivity index (χ2v) is 6.71. The van der Waals surface area contributed by atoms with Crippen LogP contribution in [0.1, 0.15) is 43.7 Å². The molecule has 24 heavy (non-hydrogen) atoms. The molecule has 5 nitrogen and oxygen atoms in total. The van der Waals surface area contributed by atoms with Crippen molar-refractivity contribution in [3.8, 4) is 0 Å². The maximum absolute atomic E-state index is 11.9. The number of hydrogen-bond donors (Lipinski definition) is 2. The van der Waals surface area contributed by atoms with E-state index in [0.717, 1.165) is 37.9 Å². The molecule has 0 radical (unpaired) electrons. The maximum atomic E-state index is 11.9. The van der Waals surface area contributed by atoms with E-state index in [-0.39, 0.29) is 5.91 Å². The van der Waals surface area contributed by atoms with Crippen LogP contribution in [0.15, 0.2) is 29.3 Å². The molecule has 130 valence electrons. The minimum atomic E-state index is 0.271. The summed E-state index contributed by atoms with van der Waals surface area (Å²) in [6.07, 6.45) is 4.34. The van der Waals surface area contributed by atoms with E-state index in [2.05, 4.69) is 29.7 Å². The Kier molecular flexibility index (Phi) is 5.72. The van der Waals surface area contributed by atoms with Gasteiger partial charge in [-0.3, -0.25) is 4.79 Å². The number of carbonyl (C=O) groups excluding carboxylic acids is 1. The van der Waals surface area contributed by atoms with E-state index in [1.807, 2.05) is 17.0 Å². The molecule has 0 aromatic heterocycles. The Morgan fingerprint density at radius 1 is 1.25 bits per heavy atom. The van der Waals surface area contributed by atoms with E-state index in [0.29, 0.717) is 19.5 Å². The van der Waals surface area contributed by atoms with Crippen LogP contribution in [-0.2, 0) is 17.9 Å². The van der Waals surface area contributed by atoms with Crippen molar-refractivity contribution >= 4 is 11.9 Å². The van der Waals surface area contributed by atoms with Gasteiger partial charge in [0.25, 0.3) is 0 Å². The average molecular weight is 328 g/mol. The Hall–Kier alpha value is -2.04. The van der Waals surface area contributed by atoms with E-state index < -0.39 is 0 Å². The minimum absolute atomic E-state index is 0.271. The number of likely N-dealkylation sites (tertiary alicyclic amines) is 1. The highest BCUT2D eigenvalue weighted by Crippen LogP contribution is 2.27. The molecule has 2 fully saturated rings. The van der Waals surface area contributed by atoms with Gasteiger partial charge in [0, 0.05) is 32.6 Å². The van der Waals surface area contributed by atoms with Crippen molar-refractivity contribution in [2.75, 3.05) is 19.6 Å². The summed E-state index contributed by atoms with van der Waals surface area (Å²) >= 11 is 0. The monoisotopic (exact) mass is 328 g/mol. The van der Waals surface area contributed by atoms with Crippen LogP contribution in [0.2, 0.25) is 0 Å². The number of benzene rings is 1. The Morgan fingerprint density at radius 3 is 2.71 bits per heavy atom. The third kappa shape index (κ3) is 4.73. The molecule has 1 aromatic rings. The van der Waals surface area contributed by atoms with Crippen LogP contribution < -0.4 is 10.6 Å². The lowest BCUT2D eigenvalue weighted by Gasteiger charge is -2.18. The summed E-state index contributed by atoms with van der Waals surface area (Å²) in [4.78, 5) is 18.6. The fourth-order valence-electron chi connectivity index (χ4n) is 3.01. The Morgan fingerprint density at radius 2 is 2.04 bits per heavy atom. The summed E-state index contributed by atoms with van der Waals surface area (Å²) in [6, 6.07) is 8.31. The number of nitrogens with zero attached hydrogens (tertiary/aromatic N) is 2. The third-order valence-corrected chi connectivity index (χ3v) is 4.66. The van der Waals surface area contributed by atoms with Crippen molar-refractivity contribution in [3.05, 3.63) is 35.4 Å². The molecule has 0 spiro atoms. The van der Waals surface area contributed by atoms with Crippen LogP contribution in [0.3, 0.4) is 0 Å². The van der Waals surface area contributed by atoms with Gasteiger partial charge in [0.2, 0.25) is 5.91 Å². The van der Waals surface area contributed by atoms with Gasteiger partial charge in [0.05, 0.1) is 6.54 Å². The molecule has 2 N–H and O–H groups in total. The van der Waals surface area contributed by atoms with E-state index >= 15 is 0 Å². The van der Waals surface area contributed by atoms with Gasteiger partial charge in [0.15, 0.2) is 5.96 Å². The van der Waals surface area contributed by atoms with E-state index in [4.69, 9.17) is 4.99 Å². The van der Waals surface area contributed by atoms with Crippen molar-refractivity contribution in [2.45, 2.75) is 45.7 Å². The molecule has 3 rings (SSSR count). The second kappa shape index (κ2) is 8.18. The second-order valence-electron chi connectivity index (χ2n) is 6.71. The summed E-state index contributed by atoms with van der Waals surface area (Å²) in [5.41, 5.74) is 2.40. The summed E-state index contributed by atoms with van der Waals surface area (Å²) in [5.74, 6) is 1.98. The summed E-state index contributed by atoms with van der Waals surface area (Å²) in [5, 5.41) is 6.74. The van der Waals surface area contributed by atoms with Gasteiger partial charge in [-0.25, -0.2) is 4.99 Å². The average Bonchev–Trinajstić information content (AvgIpc) is 3.34. The molecule has 1 amide bonds. The first-order chi connectivity index (χ1) is 11.8. The number of nitrogens with one attached hydrogen (secondary N) is 2. The van der Waals surface area contributed by atoms with E-state index in [1.54, 1.807) is 0 Å². The predicted molar refractivity (Wildman–Crippen MR) is 96.6 cm³/mol. The van der Waals surface area contributed by atoms with Gasteiger partial charge in [0.1, 0.15) is 0 Å². The lowest BCUT2D eigenvalue weighted by Crippen LogP contribution is -2.38. The standard InChI is InChI=1S/C19H28N4O/c1-2-20-19(21-12-15-9-10-15)22-13-16-6-3-4-7-17(16)14-23-11-5-8-18(23)24/h3-4,6-7,15H,2,5,8-14H2,1H3,(H2,20,21,22). The molecule has 5 heteroatoms. The van der Waals surface area contributed by atoms with E-state index in [1.165, 1.54) is 24.0 Å². The van der Waals surface area contributed by atoms with Gasteiger partial charge < -0.3 is 15.5 Å². The molecule has 1 heterocycles. The maximum Gasteiger partial charge on any atom is 0.222 e. The molecular formula is C19H28N4O. The molecule has 1 aliphatic heterocycles. The van der Waals surface area contributed by atoms with Crippen LogP contribution in [0, 0.1) is 5.92 Å². The molecule has 0 unspecified atom stereocenters. The van der Waals surface area contributed by atoms with Crippen LogP contribution in [-0.4, -0.2) is 36.4 Å². The van der Waals surface area contributed by atoms with Gasteiger partial charge in [-0.05, 0) is 43.2 Å². The number of hydrogen-bond acceptors (Lipinski definition) is 2. The molecule has 1 aliphatic carbocycles. The molecular weight excluding hydrogens is 300 g/mol. The fraction of sp³-hybridized carbons (Fsp3) is 0.579. The van der Waals surface area contributed by atoms with Crippen molar-refractivity contribution in [1.29, 1.82) is 0 Å². The van der Waals surface area contributed by atoms with Crippen molar-refractivity contribution in [2.24, 2.45) is 10.9 Å². The summed E-state index contributed by atoms with van der Waals surface area (Å²) in [6.45, 7) is 6.17. The van der Waals surface area contributed by atoms with Gasteiger partial charge in [-0.1, -0.05) is 24.3 Å².